The van der Waals surface area contributed by atoms with Crippen molar-refractivity contribution in [1.82, 2.24) is 25.5 Å². The Morgan fingerprint density at radius 3 is 2.88 bits per heavy atom. The van der Waals surface area contributed by atoms with E-state index in [-0.39, 0.29) is 11.9 Å². The number of rotatable bonds is 4. The summed E-state index contributed by atoms with van der Waals surface area (Å²) in [4.78, 5) is 12.7. The zero-order chi connectivity index (χ0) is 17.9. The Bertz CT molecular complexity index is 925. The van der Waals surface area contributed by atoms with Gasteiger partial charge < -0.3 is 15.4 Å². The Kier molecular flexibility index (Phi) is 4.32. The number of tetrazole rings is 1. The van der Waals surface area contributed by atoms with Gasteiger partial charge in [0.25, 0.3) is 0 Å². The predicted molar refractivity (Wildman–Crippen MR) is 95.1 cm³/mol. The largest absolute Gasteiger partial charge is 0.497 e. The molecule has 26 heavy (non-hydrogen) atoms. The normalized spacial score (nSPS) is 16.0. The lowest BCUT2D eigenvalue weighted by molar-refractivity contribution is -0.118. The molecule has 0 bridgehead atoms. The molecular weight excluding hydrogens is 332 g/mol. The van der Waals surface area contributed by atoms with E-state index in [2.05, 4.69) is 38.3 Å². The van der Waals surface area contributed by atoms with Crippen LogP contribution in [0.4, 0.5) is 5.69 Å². The van der Waals surface area contributed by atoms with E-state index in [9.17, 15) is 4.79 Å². The maximum Gasteiger partial charge on any atom is 0.241 e. The third-order valence-corrected chi connectivity index (χ3v) is 4.41. The first kappa shape index (κ1) is 16.2. The van der Waals surface area contributed by atoms with Gasteiger partial charge in [-0.3, -0.25) is 4.79 Å². The van der Waals surface area contributed by atoms with Crippen LogP contribution in [-0.4, -0.2) is 39.3 Å². The molecule has 1 amide bonds. The summed E-state index contributed by atoms with van der Waals surface area (Å²) in [5.41, 5.74) is 3.76. The average Bonchev–Trinajstić information content (AvgIpc) is 3.22. The zero-order valence-corrected chi connectivity index (χ0v) is 14.2. The van der Waals surface area contributed by atoms with Crippen LogP contribution < -0.4 is 15.4 Å². The molecule has 8 heteroatoms. The smallest absolute Gasteiger partial charge is 0.241 e. The number of methoxy groups -OCH3 is 1. The highest BCUT2D eigenvalue weighted by atomic mass is 16.5. The highest BCUT2D eigenvalue weighted by molar-refractivity contribution is 5.95. The third kappa shape index (κ3) is 3.27. The molecule has 1 atom stereocenters. The first-order valence-electron chi connectivity index (χ1n) is 8.26. The second-order valence-corrected chi connectivity index (χ2v) is 6.07. The Hall–Kier alpha value is -3.26. The summed E-state index contributed by atoms with van der Waals surface area (Å²) < 4.78 is 6.83. The number of ether oxygens (including phenoxy) is 1. The Labute approximate surface area is 150 Å². The summed E-state index contributed by atoms with van der Waals surface area (Å²) in [6.07, 6.45) is 2.14. The minimum atomic E-state index is -0.285. The molecule has 0 saturated carbocycles. The first-order valence-corrected chi connectivity index (χ1v) is 8.26. The van der Waals surface area contributed by atoms with Crippen molar-refractivity contribution in [2.24, 2.45) is 0 Å². The van der Waals surface area contributed by atoms with Gasteiger partial charge in [0.15, 0.2) is 0 Å². The van der Waals surface area contributed by atoms with E-state index in [0.29, 0.717) is 30.1 Å². The summed E-state index contributed by atoms with van der Waals surface area (Å²) >= 11 is 0. The van der Waals surface area contributed by atoms with E-state index in [4.69, 9.17) is 4.74 Å². The summed E-state index contributed by atoms with van der Waals surface area (Å²) in [7, 11) is 1.57. The van der Waals surface area contributed by atoms with Crippen molar-refractivity contribution in [3.05, 3.63) is 59.9 Å². The van der Waals surface area contributed by atoms with Crippen molar-refractivity contribution in [3.63, 3.8) is 0 Å². The molecule has 8 nitrogen and oxygen atoms in total. The van der Waals surface area contributed by atoms with Gasteiger partial charge in [-0.15, -0.1) is 5.10 Å². The van der Waals surface area contributed by atoms with Gasteiger partial charge in [-0.2, -0.15) is 0 Å². The summed E-state index contributed by atoms with van der Waals surface area (Å²) in [5.74, 6) is 0.519. The maximum absolute atomic E-state index is 12.7. The van der Waals surface area contributed by atoms with Gasteiger partial charge in [0.2, 0.25) is 5.91 Å². The first-order chi connectivity index (χ1) is 12.7. The van der Waals surface area contributed by atoms with Crippen LogP contribution in [0.1, 0.15) is 11.1 Å². The standard InChI is InChI=1S/C18H18N6O2/c1-26-16-8-14(7-15(9-16)24-11-20-22-23-24)21-18(25)17-6-12-4-2-3-5-13(12)10-19-17/h2-5,7-9,11,17,19H,6,10H2,1H3,(H,21,25)/t17-/m1/s1. The molecule has 3 aromatic rings. The average molecular weight is 350 g/mol. The van der Waals surface area contributed by atoms with Crippen LogP contribution in [0.15, 0.2) is 48.8 Å². The van der Waals surface area contributed by atoms with Crippen LogP contribution in [0, 0.1) is 0 Å². The van der Waals surface area contributed by atoms with Gasteiger partial charge in [0.05, 0.1) is 18.8 Å². The van der Waals surface area contributed by atoms with Crippen LogP contribution >= 0.6 is 0 Å². The zero-order valence-electron chi connectivity index (χ0n) is 14.2. The van der Waals surface area contributed by atoms with Gasteiger partial charge in [-0.05, 0) is 34.0 Å². The van der Waals surface area contributed by atoms with E-state index in [1.54, 1.807) is 25.3 Å². The second kappa shape index (κ2) is 6.93. The topological polar surface area (TPSA) is 94.0 Å². The number of hydrogen-bond donors (Lipinski definition) is 2. The molecule has 1 aliphatic rings. The Morgan fingerprint density at radius 2 is 2.12 bits per heavy atom. The van der Waals surface area contributed by atoms with E-state index < -0.39 is 0 Å². The molecule has 1 aromatic heterocycles. The maximum atomic E-state index is 12.7. The van der Waals surface area contributed by atoms with Gasteiger partial charge >= 0.3 is 0 Å². The molecule has 132 valence electrons. The monoisotopic (exact) mass is 350 g/mol. The lowest BCUT2D eigenvalue weighted by Crippen LogP contribution is -2.44. The lowest BCUT2D eigenvalue weighted by atomic mass is 9.95. The van der Waals surface area contributed by atoms with Gasteiger partial charge in [0.1, 0.15) is 12.1 Å². The van der Waals surface area contributed by atoms with Crippen molar-refractivity contribution in [3.8, 4) is 11.4 Å². The molecule has 2 aromatic carbocycles. The van der Waals surface area contributed by atoms with Gasteiger partial charge in [0, 0.05) is 24.4 Å². The number of carbonyl (C=O) groups excluding carboxylic acids is 1. The van der Waals surface area contributed by atoms with Crippen molar-refractivity contribution < 1.29 is 9.53 Å². The van der Waals surface area contributed by atoms with E-state index >= 15 is 0 Å². The van der Waals surface area contributed by atoms with Crippen molar-refractivity contribution in [2.75, 3.05) is 12.4 Å². The quantitative estimate of drug-likeness (QED) is 0.737. The molecule has 1 aliphatic heterocycles. The number of anilines is 1. The molecule has 0 unspecified atom stereocenters. The number of aromatic nitrogens is 4. The van der Waals surface area contributed by atoms with Crippen LogP contribution in [0.2, 0.25) is 0 Å². The third-order valence-electron chi connectivity index (χ3n) is 4.41. The predicted octanol–water partition coefficient (Wildman–Crippen LogP) is 1.32. The van der Waals surface area contributed by atoms with Crippen LogP contribution in [0.5, 0.6) is 5.75 Å². The molecule has 0 saturated heterocycles. The van der Waals surface area contributed by atoms with E-state index in [1.165, 1.54) is 22.1 Å². The number of fused-ring (bicyclic) bond motifs is 1. The molecule has 2 heterocycles. The molecule has 2 N–H and O–H groups in total. The van der Waals surface area contributed by atoms with Crippen LogP contribution in [0.3, 0.4) is 0 Å². The fourth-order valence-corrected chi connectivity index (χ4v) is 3.05. The minimum absolute atomic E-state index is 0.0876. The highest BCUT2D eigenvalue weighted by Crippen LogP contribution is 2.24. The lowest BCUT2D eigenvalue weighted by Gasteiger charge is -2.25. The Morgan fingerprint density at radius 1 is 1.27 bits per heavy atom. The summed E-state index contributed by atoms with van der Waals surface area (Å²) in [6.45, 7) is 0.683. The number of carbonyl (C=O) groups is 1. The molecule has 4 rings (SSSR count). The van der Waals surface area contributed by atoms with Gasteiger partial charge in [-0.1, -0.05) is 24.3 Å². The SMILES string of the molecule is COc1cc(NC(=O)[C@H]2Cc3ccccc3CN2)cc(-n2cnnn2)c1. The Balaban J connectivity index is 1.54. The molecule has 0 fully saturated rings. The van der Waals surface area contributed by atoms with E-state index in [1.807, 2.05) is 12.1 Å². The van der Waals surface area contributed by atoms with Crippen LogP contribution in [-0.2, 0) is 17.8 Å². The number of benzene rings is 2. The van der Waals surface area contributed by atoms with Crippen molar-refractivity contribution >= 4 is 11.6 Å². The highest BCUT2D eigenvalue weighted by Gasteiger charge is 2.24. The van der Waals surface area contributed by atoms with Crippen molar-refractivity contribution in [2.45, 2.75) is 19.0 Å². The van der Waals surface area contributed by atoms with Crippen molar-refractivity contribution in [1.29, 1.82) is 0 Å². The minimum Gasteiger partial charge on any atom is -0.497 e. The number of amides is 1. The fraction of sp³-hybridized carbons (Fsp3) is 0.222. The van der Waals surface area contributed by atoms with Crippen LogP contribution in [0.25, 0.3) is 5.69 Å². The summed E-state index contributed by atoms with van der Waals surface area (Å²) in [5, 5.41) is 17.4. The molecular formula is C18H18N6O2. The molecule has 0 radical (unpaired) electrons. The number of nitrogens with one attached hydrogen (secondary N) is 2. The number of nitrogens with zero attached hydrogens (tertiary/aromatic N) is 4. The summed E-state index contributed by atoms with van der Waals surface area (Å²) in [6, 6.07) is 13.2. The fourth-order valence-electron chi connectivity index (χ4n) is 3.05. The van der Waals surface area contributed by atoms with E-state index in [0.717, 1.165) is 0 Å². The molecule has 0 aliphatic carbocycles. The molecule has 0 spiro atoms. The van der Waals surface area contributed by atoms with Gasteiger partial charge in [-0.25, -0.2) is 4.68 Å². The second-order valence-electron chi connectivity index (χ2n) is 6.07. The number of hydrogen-bond acceptors (Lipinski definition) is 6.